The van der Waals surface area contributed by atoms with E-state index in [4.69, 9.17) is 0 Å². The number of rotatable bonds is 4. The molecule has 0 spiro atoms. The highest BCUT2D eigenvalue weighted by molar-refractivity contribution is 5.70. The Morgan fingerprint density at radius 3 is 2.45 bits per heavy atom. The lowest BCUT2D eigenvalue weighted by Gasteiger charge is -2.19. The smallest absolute Gasteiger partial charge is 0.306 e. The van der Waals surface area contributed by atoms with Crippen molar-refractivity contribution in [3.8, 4) is 0 Å². The Kier molecular flexibility index (Phi) is 3.79. The SMILES string of the molecule is COC(=O)CC(C)(C)CC=O. The van der Waals surface area contributed by atoms with Gasteiger partial charge in [0.15, 0.2) is 0 Å². The third-order valence-electron chi connectivity index (χ3n) is 1.49. The molecule has 0 radical (unpaired) electrons. The largest absolute Gasteiger partial charge is 0.469 e. The van der Waals surface area contributed by atoms with Gasteiger partial charge in [-0.1, -0.05) is 13.8 Å². The molecule has 0 amide bonds. The molecular formula is C8H14O3. The van der Waals surface area contributed by atoms with Crippen molar-refractivity contribution in [2.24, 2.45) is 5.41 Å². The maximum Gasteiger partial charge on any atom is 0.306 e. The Balaban J connectivity index is 3.89. The molecule has 0 rings (SSSR count). The fraction of sp³-hybridized carbons (Fsp3) is 0.750. The molecule has 0 N–H and O–H groups in total. The van der Waals surface area contributed by atoms with E-state index in [9.17, 15) is 9.59 Å². The van der Waals surface area contributed by atoms with Crippen LogP contribution in [0.5, 0.6) is 0 Å². The van der Waals surface area contributed by atoms with Gasteiger partial charge in [-0.2, -0.15) is 0 Å². The normalized spacial score (nSPS) is 10.8. The molecule has 0 unspecified atom stereocenters. The molecule has 0 fully saturated rings. The van der Waals surface area contributed by atoms with E-state index in [1.54, 1.807) is 0 Å². The minimum atomic E-state index is -0.269. The molecule has 0 saturated carbocycles. The summed E-state index contributed by atoms with van der Waals surface area (Å²) in [6, 6.07) is 0. The number of methoxy groups -OCH3 is 1. The van der Waals surface area contributed by atoms with Crippen molar-refractivity contribution < 1.29 is 14.3 Å². The fourth-order valence-electron chi connectivity index (χ4n) is 0.761. The summed E-state index contributed by atoms with van der Waals surface area (Å²) in [6.45, 7) is 3.72. The first-order valence-electron chi connectivity index (χ1n) is 3.52. The van der Waals surface area contributed by atoms with E-state index in [0.29, 0.717) is 12.8 Å². The van der Waals surface area contributed by atoms with Crippen LogP contribution < -0.4 is 0 Å². The van der Waals surface area contributed by atoms with E-state index >= 15 is 0 Å². The molecule has 3 heteroatoms. The van der Waals surface area contributed by atoms with Crippen LogP contribution in [-0.2, 0) is 14.3 Å². The van der Waals surface area contributed by atoms with E-state index < -0.39 is 0 Å². The third-order valence-corrected chi connectivity index (χ3v) is 1.49. The van der Waals surface area contributed by atoms with E-state index in [-0.39, 0.29) is 11.4 Å². The van der Waals surface area contributed by atoms with Crippen LogP contribution in [0.25, 0.3) is 0 Å². The van der Waals surface area contributed by atoms with Gasteiger partial charge in [-0.3, -0.25) is 4.79 Å². The maximum atomic E-state index is 10.8. The second-order valence-electron chi connectivity index (χ2n) is 3.29. The van der Waals surface area contributed by atoms with Crippen LogP contribution >= 0.6 is 0 Å². The number of hydrogen-bond donors (Lipinski definition) is 0. The average molecular weight is 158 g/mol. The van der Waals surface area contributed by atoms with E-state index in [1.807, 2.05) is 13.8 Å². The predicted octanol–water partition coefficient (Wildman–Crippen LogP) is 1.16. The van der Waals surface area contributed by atoms with Gasteiger partial charge in [0.2, 0.25) is 0 Å². The fourth-order valence-corrected chi connectivity index (χ4v) is 0.761. The number of ether oxygens (including phenoxy) is 1. The molecule has 0 atom stereocenters. The van der Waals surface area contributed by atoms with Gasteiger partial charge < -0.3 is 9.53 Å². The zero-order valence-corrected chi connectivity index (χ0v) is 7.22. The molecule has 0 aliphatic rings. The standard InChI is InChI=1S/C8H14O3/c1-8(2,4-5-9)6-7(10)11-3/h5H,4,6H2,1-3H3. The quantitative estimate of drug-likeness (QED) is 0.455. The Labute approximate surface area is 66.7 Å². The minimum absolute atomic E-state index is 0.267. The summed E-state index contributed by atoms with van der Waals surface area (Å²) >= 11 is 0. The first-order chi connectivity index (χ1) is 5.02. The number of carbonyl (C=O) groups is 2. The van der Waals surface area contributed by atoms with Crippen LogP contribution in [0.1, 0.15) is 26.7 Å². The molecule has 0 bridgehead atoms. The molecule has 11 heavy (non-hydrogen) atoms. The highest BCUT2D eigenvalue weighted by Crippen LogP contribution is 2.23. The molecule has 0 saturated heterocycles. The van der Waals surface area contributed by atoms with E-state index in [1.165, 1.54) is 7.11 Å². The van der Waals surface area contributed by atoms with Crippen LogP contribution in [0.15, 0.2) is 0 Å². The minimum Gasteiger partial charge on any atom is -0.469 e. The third kappa shape index (κ3) is 4.53. The number of carbonyl (C=O) groups excluding carboxylic acids is 2. The Morgan fingerprint density at radius 1 is 1.55 bits per heavy atom. The average Bonchev–Trinajstić information content (AvgIpc) is 1.86. The molecule has 0 aliphatic carbocycles. The van der Waals surface area contributed by atoms with Gasteiger partial charge in [0.05, 0.1) is 13.5 Å². The van der Waals surface area contributed by atoms with Crippen molar-refractivity contribution in [3.05, 3.63) is 0 Å². The molecule has 0 heterocycles. The van der Waals surface area contributed by atoms with Crippen LogP contribution in [0.2, 0.25) is 0 Å². The topological polar surface area (TPSA) is 43.4 Å². The Hall–Kier alpha value is -0.860. The van der Waals surface area contributed by atoms with Crippen LogP contribution in [0.3, 0.4) is 0 Å². The monoisotopic (exact) mass is 158 g/mol. The summed E-state index contributed by atoms with van der Waals surface area (Å²) < 4.78 is 4.48. The lowest BCUT2D eigenvalue weighted by atomic mass is 9.86. The molecular weight excluding hydrogens is 144 g/mol. The van der Waals surface area contributed by atoms with Crippen LogP contribution in [0.4, 0.5) is 0 Å². The van der Waals surface area contributed by atoms with E-state index in [2.05, 4.69) is 4.74 Å². The molecule has 0 aliphatic heterocycles. The molecule has 3 nitrogen and oxygen atoms in total. The van der Waals surface area contributed by atoms with Crippen molar-refractivity contribution in [3.63, 3.8) is 0 Å². The lowest BCUT2D eigenvalue weighted by Crippen LogP contribution is -2.18. The summed E-state index contributed by atoms with van der Waals surface area (Å²) in [4.78, 5) is 20.9. The Bertz CT molecular complexity index is 149. The first kappa shape index (κ1) is 10.1. The van der Waals surface area contributed by atoms with Gasteiger partial charge in [-0.15, -0.1) is 0 Å². The first-order valence-corrected chi connectivity index (χ1v) is 3.52. The van der Waals surface area contributed by atoms with Crippen LogP contribution in [0, 0.1) is 5.41 Å². The van der Waals surface area contributed by atoms with Gasteiger partial charge in [-0.05, 0) is 5.41 Å². The molecule has 0 aromatic heterocycles. The maximum absolute atomic E-state index is 10.8. The number of esters is 1. The second-order valence-corrected chi connectivity index (χ2v) is 3.29. The van der Waals surface area contributed by atoms with Crippen molar-refractivity contribution >= 4 is 12.3 Å². The summed E-state index contributed by atoms with van der Waals surface area (Å²) in [6.07, 6.45) is 1.51. The van der Waals surface area contributed by atoms with E-state index in [0.717, 1.165) is 6.29 Å². The van der Waals surface area contributed by atoms with Gasteiger partial charge in [-0.25, -0.2) is 0 Å². The number of hydrogen-bond acceptors (Lipinski definition) is 3. The van der Waals surface area contributed by atoms with Crippen LogP contribution in [-0.4, -0.2) is 19.4 Å². The second kappa shape index (κ2) is 4.11. The van der Waals surface area contributed by atoms with Crippen molar-refractivity contribution in [2.75, 3.05) is 7.11 Å². The molecule has 0 aromatic carbocycles. The highest BCUT2D eigenvalue weighted by atomic mass is 16.5. The Morgan fingerprint density at radius 2 is 2.09 bits per heavy atom. The lowest BCUT2D eigenvalue weighted by molar-refractivity contribution is -0.143. The summed E-state index contributed by atoms with van der Waals surface area (Å²) in [5.41, 5.74) is -0.269. The highest BCUT2D eigenvalue weighted by Gasteiger charge is 2.21. The zero-order valence-electron chi connectivity index (χ0n) is 7.22. The number of aldehydes is 1. The van der Waals surface area contributed by atoms with Crippen molar-refractivity contribution in [2.45, 2.75) is 26.7 Å². The van der Waals surface area contributed by atoms with Gasteiger partial charge in [0.25, 0.3) is 0 Å². The predicted molar refractivity (Wildman–Crippen MR) is 41.1 cm³/mol. The van der Waals surface area contributed by atoms with Crippen molar-refractivity contribution in [1.29, 1.82) is 0 Å². The molecule has 0 aromatic rings. The summed E-state index contributed by atoms with van der Waals surface area (Å²) in [5, 5.41) is 0. The molecule has 64 valence electrons. The summed E-state index contributed by atoms with van der Waals surface area (Å²) in [7, 11) is 1.35. The van der Waals surface area contributed by atoms with Gasteiger partial charge in [0.1, 0.15) is 6.29 Å². The summed E-state index contributed by atoms with van der Waals surface area (Å²) in [5.74, 6) is -0.267. The van der Waals surface area contributed by atoms with Crippen molar-refractivity contribution in [1.82, 2.24) is 0 Å². The zero-order chi connectivity index (χ0) is 8.91. The van der Waals surface area contributed by atoms with Gasteiger partial charge in [0, 0.05) is 6.42 Å². The van der Waals surface area contributed by atoms with Gasteiger partial charge >= 0.3 is 5.97 Å².